The van der Waals surface area contributed by atoms with Gasteiger partial charge in [-0.2, -0.15) is 0 Å². The van der Waals surface area contributed by atoms with Crippen molar-refractivity contribution in [1.29, 1.82) is 0 Å². The molecule has 4 nitrogen and oxygen atoms in total. The summed E-state index contributed by atoms with van der Waals surface area (Å²) in [6, 6.07) is 10.3. The maximum atomic E-state index is 5.99. The first-order valence-corrected chi connectivity index (χ1v) is 6.79. The van der Waals surface area contributed by atoms with E-state index in [4.69, 9.17) is 10.2 Å². The van der Waals surface area contributed by atoms with Gasteiger partial charge in [-0.05, 0) is 31.5 Å². The van der Waals surface area contributed by atoms with E-state index < -0.39 is 0 Å². The lowest BCUT2D eigenvalue weighted by Gasteiger charge is -2.29. The highest BCUT2D eigenvalue weighted by molar-refractivity contribution is 5.85. The van der Waals surface area contributed by atoms with Crippen molar-refractivity contribution in [3.63, 3.8) is 0 Å². The van der Waals surface area contributed by atoms with Crippen molar-refractivity contribution in [3.05, 3.63) is 42.3 Å². The molecule has 2 aromatic rings. The van der Waals surface area contributed by atoms with Crippen LogP contribution >= 0.6 is 12.4 Å². The molecule has 1 aliphatic heterocycles. The molecule has 1 aromatic heterocycles. The summed E-state index contributed by atoms with van der Waals surface area (Å²) in [4.78, 5) is 6.90. The molecule has 1 aliphatic rings. The standard InChI is InChI=1S/C15H19N3O.ClH/c16-13-7-4-8-18(9-13)10-14-11-19-15(17-14)12-5-2-1-3-6-12;/h1-3,5-6,11,13H,4,7-10,16H2;1H/t13-;/m1./s1. The first-order chi connectivity index (χ1) is 9.31. The maximum absolute atomic E-state index is 5.99. The Labute approximate surface area is 125 Å². The number of aromatic nitrogens is 1. The van der Waals surface area contributed by atoms with E-state index in [1.807, 2.05) is 30.3 Å². The molecule has 0 saturated carbocycles. The molecule has 0 spiro atoms. The molecule has 108 valence electrons. The Kier molecular flexibility index (Phi) is 5.17. The minimum atomic E-state index is 0. The van der Waals surface area contributed by atoms with Crippen molar-refractivity contribution >= 4 is 12.4 Å². The molecule has 0 unspecified atom stereocenters. The summed E-state index contributed by atoms with van der Waals surface area (Å²) in [5.41, 5.74) is 7.99. The first kappa shape index (κ1) is 15.0. The van der Waals surface area contributed by atoms with Crippen molar-refractivity contribution in [2.75, 3.05) is 13.1 Å². The topological polar surface area (TPSA) is 55.3 Å². The number of hydrogen-bond acceptors (Lipinski definition) is 4. The van der Waals surface area contributed by atoms with Crippen molar-refractivity contribution in [3.8, 4) is 11.5 Å². The number of oxazole rings is 1. The highest BCUT2D eigenvalue weighted by atomic mass is 35.5. The normalized spacial score (nSPS) is 19.6. The predicted molar refractivity (Wildman–Crippen MR) is 81.7 cm³/mol. The molecule has 5 heteroatoms. The van der Waals surface area contributed by atoms with Crippen LogP contribution in [0.3, 0.4) is 0 Å². The van der Waals surface area contributed by atoms with Crippen LogP contribution in [0.25, 0.3) is 11.5 Å². The third-order valence-corrected chi connectivity index (χ3v) is 3.50. The number of benzene rings is 1. The van der Waals surface area contributed by atoms with E-state index in [0.29, 0.717) is 11.9 Å². The van der Waals surface area contributed by atoms with Crippen molar-refractivity contribution in [2.24, 2.45) is 5.73 Å². The van der Waals surface area contributed by atoms with E-state index in [-0.39, 0.29) is 12.4 Å². The molecule has 0 bridgehead atoms. The fourth-order valence-electron chi connectivity index (χ4n) is 2.56. The van der Waals surface area contributed by atoms with Crippen LogP contribution < -0.4 is 5.73 Å². The Hall–Kier alpha value is -1.36. The highest BCUT2D eigenvalue weighted by Crippen LogP contribution is 2.19. The van der Waals surface area contributed by atoms with Crippen molar-refractivity contribution in [2.45, 2.75) is 25.4 Å². The summed E-state index contributed by atoms with van der Waals surface area (Å²) in [6.45, 7) is 2.87. The van der Waals surface area contributed by atoms with Crippen molar-refractivity contribution < 1.29 is 4.42 Å². The summed E-state index contributed by atoms with van der Waals surface area (Å²) >= 11 is 0. The van der Waals surface area contributed by atoms with Gasteiger partial charge in [-0.1, -0.05) is 18.2 Å². The molecule has 1 atom stereocenters. The van der Waals surface area contributed by atoms with Crippen LogP contribution in [0.4, 0.5) is 0 Å². The second-order valence-corrected chi connectivity index (χ2v) is 5.15. The molecule has 20 heavy (non-hydrogen) atoms. The quantitative estimate of drug-likeness (QED) is 0.945. The number of halogens is 1. The van der Waals surface area contributed by atoms with Crippen LogP contribution in [0.5, 0.6) is 0 Å². The van der Waals surface area contributed by atoms with Crippen LogP contribution in [0.2, 0.25) is 0 Å². The molecule has 3 rings (SSSR count). The van der Waals surface area contributed by atoms with Gasteiger partial charge >= 0.3 is 0 Å². The fraction of sp³-hybridized carbons (Fsp3) is 0.400. The largest absolute Gasteiger partial charge is 0.444 e. The lowest BCUT2D eigenvalue weighted by atomic mass is 10.1. The van der Waals surface area contributed by atoms with Gasteiger partial charge in [0, 0.05) is 24.7 Å². The Morgan fingerprint density at radius 3 is 2.85 bits per heavy atom. The SMILES string of the molecule is Cl.N[C@@H]1CCCN(Cc2coc(-c3ccccc3)n2)C1. The monoisotopic (exact) mass is 293 g/mol. The Balaban J connectivity index is 0.00000147. The number of nitrogens with zero attached hydrogens (tertiary/aromatic N) is 2. The number of rotatable bonds is 3. The third-order valence-electron chi connectivity index (χ3n) is 3.50. The molecular weight excluding hydrogens is 274 g/mol. The average molecular weight is 294 g/mol. The number of piperidine rings is 1. The van der Waals surface area contributed by atoms with E-state index in [1.54, 1.807) is 6.26 Å². The highest BCUT2D eigenvalue weighted by Gasteiger charge is 2.18. The van der Waals surface area contributed by atoms with E-state index in [0.717, 1.165) is 37.3 Å². The third kappa shape index (κ3) is 3.60. The number of nitrogens with two attached hydrogens (primary N) is 1. The zero-order chi connectivity index (χ0) is 13.1. The molecule has 0 radical (unpaired) electrons. The van der Waals surface area contributed by atoms with Crippen molar-refractivity contribution in [1.82, 2.24) is 9.88 Å². The minimum absolute atomic E-state index is 0. The second kappa shape index (κ2) is 6.88. The molecule has 1 aromatic carbocycles. The zero-order valence-corrected chi connectivity index (χ0v) is 12.2. The van der Waals surface area contributed by atoms with Gasteiger partial charge in [0.1, 0.15) is 6.26 Å². The van der Waals surface area contributed by atoms with Gasteiger partial charge in [0.2, 0.25) is 5.89 Å². The Morgan fingerprint density at radius 1 is 1.30 bits per heavy atom. The molecule has 0 amide bonds. The summed E-state index contributed by atoms with van der Waals surface area (Å²) in [7, 11) is 0. The van der Waals surface area contributed by atoms with Gasteiger partial charge < -0.3 is 10.2 Å². The fourth-order valence-corrected chi connectivity index (χ4v) is 2.56. The molecule has 1 fully saturated rings. The number of hydrogen-bond donors (Lipinski definition) is 1. The lowest BCUT2D eigenvalue weighted by Crippen LogP contribution is -2.42. The zero-order valence-electron chi connectivity index (χ0n) is 11.4. The average Bonchev–Trinajstić information content (AvgIpc) is 2.88. The predicted octanol–water partition coefficient (Wildman–Crippen LogP) is 2.69. The van der Waals surface area contributed by atoms with Crippen LogP contribution in [-0.4, -0.2) is 29.0 Å². The molecular formula is C15H20ClN3O. The lowest BCUT2D eigenvalue weighted by molar-refractivity contribution is 0.199. The van der Waals surface area contributed by atoms with Crippen LogP contribution in [-0.2, 0) is 6.54 Å². The molecule has 2 N–H and O–H groups in total. The van der Waals surface area contributed by atoms with Gasteiger partial charge in [0.05, 0.1) is 5.69 Å². The minimum Gasteiger partial charge on any atom is -0.444 e. The maximum Gasteiger partial charge on any atom is 0.226 e. The Morgan fingerprint density at radius 2 is 2.10 bits per heavy atom. The molecule has 0 aliphatic carbocycles. The van der Waals surface area contributed by atoms with Gasteiger partial charge in [0.25, 0.3) is 0 Å². The summed E-state index contributed by atoms with van der Waals surface area (Å²) in [5.74, 6) is 0.692. The first-order valence-electron chi connectivity index (χ1n) is 6.79. The smallest absolute Gasteiger partial charge is 0.226 e. The van der Waals surface area contributed by atoms with Crippen LogP contribution in [0.1, 0.15) is 18.5 Å². The molecule has 2 heterocycles. The second-order valence-electron chi connectivity index (χ2n) is 5.15. The van der Waals surface area contributed by atoms with Gasteiger partial charge in [-0.15, -0.1) is 12.4 Å². The summed E-state index contributed by atoms with van der Waals surface area (Å²) in [6.07, 6.45) is 4.05. The van der Waals surface area contributed by atoms with Crippen LogP contribution in [0.15, 0.2) is 41.0 Å². The van der Waals surface area contributed by atoms with E-state index >= 15 is 0 Å². The van der Waals surface area contributed by atoms with Crippen LogP contribution in [0, 0.1) is 0 Å². The van der Waals surface area contributed by atoms with Gasteiger partial charge in [-0.25, -0.2) is 4.98 Å². The summed E-state index contributed by atoms with van der Waals surface area (Å²) in [5, 5.41) is 0. The summed E-state index contributed by atoms with van der Waals surface area (Å²) < 4.78 is 5.55. The van der Waals surface area contributed by atoms with Gasteiger partial charge in [-0.3, -0.25) is 4.90 Å². The van der Waals surface area contributed by atoms with E-state index in [9.17, 15) is 0 Å². The molecule has 1 saturated heterocycles. The Bertz CT molecular complexity index is 529. The number of likely N-dealkylation sites (tertiary alicyclic amines) is 1. The van der Waals surface area contributed by atoms with E-state index in [2.05, 4.69) is 9.88 Å². The van der Waals surface area contributed by atoms with E-state index in [1.165, 1.54) is 6.42 Å². The van der Waals surface area contributed by atoms with Gasteiger partial charge in [0.15, 0.2) is 0 Å².